The van der Waals surface area contributed by atoms with Gasteiger partial charge in [-0.05, 0) is 33.3 Å². The fourth-order valence-corrected chi connectivity index (χ4v) is 2.35. The maximum Gasteiger partial charge on any atom is 0.128 e. The Morgan fingerprint density at radius 3 is 1.71 bits per heavy atom. The molecule has 0 spiro atoms. The predicted molar refractivity (Wildman–Crippen MR) is 72.3 cm³/mol. The third kappa shape index (κ3) is 2.31. The van der Waals surface area contributed by atoms with Crippen LogP contribution in [0.15, 0.2) is 42.7 Å². The summed E-state index contributed by atoms with van der Waals surface area (Å²) in [6.45, 7) is 8.96. The van der Waals surface area contributed by atoms with E-state index in [-0.39, 0.29) is 0 Å². The molecule has 0 saturated carbocycles. The molecule has 1 aromatic rings. The molecule has 0 radical (unpaired) electrons. The molecule has 0 N–H and O–H groups in total. The minimum absolute atomic E-state index is 0.344. The van der Waals surface area contributed by atoms with E-state index >= 15 is 0 Å². The van der Waals surface area contributed by atoms with Gasteiger partial charge in [0.05, 0.1) is 0 Å². The first-order valence-electron chi connectivity index (χ1n) is 6.39. The Bertz CT molecular complexity index is 363. The lowest BCUT2D eigenvalue weighted by molar-refractivity contribution is 0.105. The molecule has 2 heteroatoms. The van der Waals surface area contributed by atoms with Crippen LogP contribution in [-0.2, 0) is 0 Å². The van der Waals surface area contributed by atoms with Gasteiger partial charge < -0.3 is 9.80 Å². The molecule has 0 amide bonds. The fraction of sp³-hybridized carbons (Fsp3) is 0.467. The molecular weight excluding hydrogens is 208 g/mol. The molecule has 2 nitrogen and oxygen atoms in total. The van der Waals surface area contributed by atoms with Gasteiger partial charge in [0.15, 0.2) is 0 Å². The molecule has 0 saturated heterocycles. The van der Waals surface area contributed by atoms with Gasteiger partial charge in [0.1, 0.15) is 6.17 Å². The highest BCUT2D eigenvalue weighted by Crippen LogP contribution is 2.33. The quantitative estimate of drug-likeness (QED) is 0.783. The zero-order valence-electron chi connectivity index (χ0n) is 11.2. The van der Waals surface area contributed by atoms with Crippen molar-refractivity contribution in [3.63, 3.8) is 0 Å². The number of hydrogen-bond donors (Lipinski definition) is 0. The van der Waals surface area contributed by atoms with Gasteiger partial charge in [-0.1, -0.05) is 30.3 Å². The molecule has 0 unspecified atom stereocenters. The van der Waals surface area contributed by atoms with E-state index in [0.29, 0.717) is 18.2 Å². The van der Waals surface area contributed by atoms with Crippen LogP contribution in [0.4, 0.5) is 0 Å². The van der Waals surface area contributed by atoms with Gasteiger partial charge in [0, 0.05) is 24.5 Å². The van der Waals surface area contributed by atoms with E-state index in [0.717, 1.165) is 0 Å². The largest absolute Gasteiger partial charge is 0.350 e. The normalized spacial score (nSPS) is 16.6. The molecule has 2 rings (SSSR count). The molecule has 92 valence electrons. The standard InChI is InChI=1S/C15H22N2/c1-12(2)16-10-11-17(13(3)4)15(16)14-8-6-5-7-9-14/h5-13,15H,1-4H3. The van der Waals surface area contributed by atoms with Crippen LogP contribution in [0.1, 0.15) is 39.4 Å². The van der Waals surface area contributed by atoms with Gasteiger partial charge in [-0.2, -0.15) is 0 Å². The van der Waals surface area contributed by atoms with Crippen molar-refractivity contribution >= 4 is 0 Å². The second-order valence-corrected chi connectivity index (χ2v) is 5.16. The summed E-state index contributed by atoms with van der Waals surface area (Å²) < 4.78 is 0. The molecule has 1 aliphatic rings. The highest BCUT2D eigenvalue weighted by Gasteiger charge is 2.30. The highest BCUT2D eigenvalue weighted by molar-refractivity contribution is 5.22. The van der Waals surface area contributed by atoms with E-state index in [1.54, 1.807) is 0 Å². The average molecular weight is 230 g/mol. The number of rotatable bonds is 3. The molecule has 0 aliphatic carbocycles. The molecule has 17 heavy (non-hydrogen) atoms. The molecule has 1 aliphatic heterocycles. The molecule has 0 fully saturated rings. The number of hydrogen-bond acceptors (Lipinski definition) is 2. The van der Waals surface area contributed by atoms with Gasteiger partial charge in [-0.3, -0.25) is 0 Å². The Balaban J connectivity index is 2.32. The molecular formula is C15H22N2. The van der Waals surface area contributed by atoms with Gasteiger partial charge in [-0.15, -0.1) is 0 Å². The van der Waals surface area contributed by atoms with Crippen LogP contribution in [0.25, 0.3) is 0 Å². The van der Waals surface area contributed by atoms with Crippen molar-refractivity contribution in [3.8, 4) is 0 Å². The van der Waals surface area contributed by atoms with Crippen LogP contribution in [0, 0.1) is 0 Å². The minimum Gasteiger partial charge on any atom is -0.350 e. The van der Waals surface area contributed by atoms with E-state index in [1.807, 2.05) is 0 Å². The first-order valence-corrected chi connectivity index (χ1v) is 6.39. The third-order valence-electron chi connectivity index (χ3n) is 3.27. The van der Waals surface area contributed by atoms with Gasteiger partial charge in [-0.25, -0.2) is 0 Å². The summed E-state index contributed by atoms with van der Waals surface area (Å²) in [7, 11) is 0. The van der Waals surface area contributed by atoms with Crippen molar-refractivity contribution in [1.29, 1.82) is 0 Å². The predicted octanol–water partition coefficient (Wildman–Crippen LogP) is 3.59. The third-order valence-corrected chi connectivity index (χ3v) is 3.27. The minimum atomic E-state index is 0.344. The average Bonchev–Trinajstić information content (AvgIpc) is 2.74. The Hall–Kier alpha value is -1.44. The van der Waals surface area contributed by atoms with Crippen molar-refractivity contribution in [2.75, 3.05) is 0 Å². The van der Waals surface area contributed by atoms with Crippen LogP contribution < -0.4 is 0 Å². The lowest BCUT2D eigenvalue weighted by Crippen LogP contribution is -2.37. The molecule has 1 aromatic carbocycles. The molecule has 0 aromatic heterocycles. The summed E-state index contributed by atoms with van der Waals surface area (Å²) in [6, 6.07) is 11.8. The Kier molecular flexibility index (Phi) is 3.41. The van der Waals surface area contributed by atoms with Crippen LogP contribution in [-0.4, -0.2) is 21.9 Å². The SMILES string of the molecule is CC(C)N1C=CN(C(C)C)C1c1ccccc1. The zero-order valence-corrected chi connectivity index (χ0v) is 11.2. The second-order valence-electron chi connectivity index (χ2n) is 5.16. The van der Waals surface area contributed by atoms with Crippen LogP contribution >= 0.6 is 0 Å². The summed E-state index contributed by atoms with van der Waals surface area (Å²) in [6.07, 6.45) is 4.76. The second kappa shape index (κ2) is 4.82. The van der Waals surface area contributed by atoms with Gasteiger partial charge in [0.25, 0.3) is 0 Å². The Morgan fingerprint density at radius 2 is 1.29 bits per heavy atom. The van der Waals surface area contributed by atoms with Crippen molar-refractivity contribution in [2.24, 2.45) is 0 Å². The smallest absolute Gasteiger partial charge is 0.128 e. The van der Waals surface area contributed by atoms with Gasteiger partial charge >= 0.3 is 0 Å². The topological polar surface area (TPSA) is 6.48 Å². The van der Waals surface area contributed by atoms with E-state index < -0.39 is 0 Å². The summed E-state index contributed by atoms with van der Waals surface area (Å²) in [5.74, 6) is 0. The highest BCUT2D eigenvalue weighted by atomic mass is 15.4. The van der Waals surface area contributed by atoms with E-state index in [9.17, 15) is 0 Å². The Morgan fingerprint density at radius 1 is 0.824 bits per heavy atom. The van der Waals surface area contributed by atoms with Crippen molar-refractivity contribution in [2.45, 2.75) is 45.9 Å². The fourth-order valence-electron chi connectivity index (χ4n) is 2.35. The molecule has 0 bridgehead atoms. The van der Waals surface area contributed by atoms with Crippen LogP contribution in [0.3, 0.4) is 0 Å². The van der Waals surface area contributed by atoms with E-state index in [2.05, 4.69) is 80.2 Å². The number of nitrogens with zero attached hydrogens (tertiary/aromatic N) is 2. The van der Waals surface area contributed by atoms with Crippen molar-refractivity contribution in [3.05, 3.63) is 48.3 Å². The first-order chi connectivity index (χ1) is 8.11. The summed E-state index contributed by atoms with van der Waals surface area (Å²) in [4.78, 5) is 4.82. The Labute approximate surface area is 105 Å². The van der Waals surface area contributed by atoms with Crippen molar-refractivity contribution in [1.82, 2.24) is 9.80 Å². The molecule has 1 heterocycles. The summed E-state index contributed by atoms with van der Waals surface area (Å²) in [5.41, 5.74) is 1.36. The summed E-state index contributed by atoms with van der Waals surface area (Å²) in [5, 5.41) is 0. The van der Waals surface area contributed by atoms with E-state index in [1.165, 1.54) is 5.56 Å². The van der Waals surface area contributed by atoms with Crippen LogP contribution in [0.2, 0.25) is 0 Å². The zero-order chi connectivity index (χ0) is 12.4. The maximum atomic E-state index is 2.41. The summed E-state index contributed by atoms with van der Waals surface area (Å²) >= 11 is 0. The number of benzene rings is 1. The maximum absolute atomic E-state index is 2.41. The van der Waals surface area contributed by atoms with Crippen LogP contribution in [0.5, 0.6) is 0 Å². The monoisotopic (exact) mass is 230 g/mol. The van der Waals surface area contributed by atoms with Crippen molar-refractivity contribution < 1.29 is 0 Å². The first kappa shape index (κ1) is 12.0. The molecule has 0 atom stereocenters. The lowest BCUT2D eigenvalue weighted by Gasteiger charge is -2.37. The van der Waals surface area contributed by atoms with E-state index in [4.69, 9.17) is 0 Å². The van der Waals surface area contributed by atoms with Gasteiger partial charge in [0.2, 0.25) is 0 Å². The lowest BCUT2D eigenvalue weighted by atomic mass is 10.1.